The van der Waals surface area contributed by atoms with E-state index in [-0.39, 0.29) is 11.5 Å². The molecule has 0 aliphatic carbocycles. The van der Waals surface area contributed by atoms with Crippen molar-refractivity contribution in [3.63, 3.8) is 0 Å². The zero-order chi connectivity index (χ0) is 10.8. The third-order valence-electron chi connectivity index (χ3n) is 1.91. The van der Waals surface area contributed by atoms with Crippen LogP contribution in [0.3, 0.4) is 0 Å². The number of hydrogen-bond acceptors (Lipinski definition) is 3. The Balaban J connectivity index is 2.59. The Bertz CT molecular complexity index is 502. The molecule has 0 bridgehead atoms. The molecular formula is C10H7FIN3. The van der Waals surface area contributed by atoms with Gasteiger partial charge in [-0.05, 0) is 34.7 Å². The van der Waals surface area contributed by atoms with Gasteiger partial charge in [0.1, 0.15) is 12.0 Å². The quantitative estimate of drug-likeness (QED) is 0.823. The minimum atomic E-state index is -0.570. The lowest BCUT2D eigenvalue weighted by Gasteiger charge is -2.03. The van der Waals surface area contributed by atoms with E-state index in [1.165, 1.54) is 6.33 Å². The number of nitrogens with two attached hydrogens (primary N) is 1. The molecule has 0 radical (unpaired) electrons. The number of aromatic nitrogens is 2. The molecule has 0 amide bonds. The molecule has 0 saturated carbocycles. The van der Waals surface area contributed by atoms with Crippen LogP contribution in [0.25, 0.3) is 11.3 Å². The van der Waals surface area contributed by atoms with Gasteiger partial charge in [-0.1, -0.05) is 12.1 Å². The molecule has 1 aromatic carbocycles. The summed E-state index contributed by atoms with van der Waals surface area (Å²) in [6, 6.07) is 7.39. The number of nitrogen functional groups attached to an aromatic ring is 1. The van der Waals surface area contributed by atoms with Crippen molar-refractivity contribution in [2.45, 2.75) is 0 Å². The number of anilines is 1. The maximum Gasteiger partial charge on any atom is 0.191 e. The maximum absolute atomic E-state index is 13.6. The first-order valence-corrected chi connectivity index (χ1v) is 5.28. The third kappa shape index (κ3) is 2.06. The Kier molecular flexibility index (Phi) is 2.81. The van der Waals surface area contributed by atoms with Gasteiger partial charge in [-0.25, -0.2) is 14.4 Å². The average Bonchev–Trinajstić information content (AvgIpc) is 2.22. The summed E-state index contributed by atoms with van der Waals surface area (Å²) in [5, 5.41) is 0. The molecule has 1 aromatic heterocycles. The largest absolute Gasteiger partial charge is 0.381 e. The summed E-state index contributed by atoms with van der Waals surface area (Å²) < 4.78 is 14.6. The molecule has 0 atom stereocenters. The van der Waals surface area contributed by atoms with Crippen LogP contribution in [-0.2, 0) is 0 Å². The van der Waals surface area contributed by atoms with E-state index in [0.29, 0.717) is 5.56 Å². The topological polar surface area (TPSA) is 51.8 Å². The summed E-state index contributed by atoms with van der Waals surface area (Å²) in [6.45, 7) is 0. The van der Waals surface area contributed by atoms with Crippen molar-refractivity contribution in [1.82, 2.24) is 9.97 Å². The van der Waals surface area contributed by atoms with Gasteiger partial charge in [-0.3, -0.25) is 0 Å². The highest BCUT2D eigenvalue weighted by Gasteiger charge is 2.10. The second-order valence-corrected chi connectivity index (χ2v) is 4.18. The zero-order valence-electron chi connectivity index (χ0n) is 7.61. The van der Waals surface area contributed by atoms with E-state index in [2.05, 4.69) is 32.6 Å². The van der Waals surface area contributed by atoms with Gasteiger partial charge in [0.15, 0.2) is 11.6 Å². The summed E-state index contributed by atoms with van der Waals surface area (Å²) in [5.41, 5.74) is 6.31. The molecule has 0 spiro atoms. The molecule has 2 aromatic rings. The average molecular weight is 315 g/mol. The molecule has 0 unspecified atom stereocenters. The van der Waals surface area contributed by atoms with Gasteiger partial charge >= 0.3 is 0 Å². The molecule has 76 valence electrons. The van der Waals surface area contributed by atoms with Crippen LogP contribution in [0.4, 0.5) is 10.2 Å². The Morgan fingerprint density at radius 1 is 1.27 bits per heavy atom. The normalized spacial score (nSPS) is 10.3. The first-order valence-electron chi connectivity index (χ1n) is 4.20. The molecule has 0 fully saturated rings. The summed E-state index contributed by atoms with van der Waals surface area (Å²) in [6.07, 6.45) is 1.26. The van der Waals surface area contributed by atoms with E-state index >= 15 is 0 Å². The Morgan fingerprint density at radius 3 is 2.80 bits per heavy atom. The molecule has 2 rings (SSSR count). The zero-order valence-corrected chi connectivity index (χ0v) is 9.77. The fraction of sp³-hybridized carbons (Fsp3) is 0. The summed E-state index contributed by atoms with van der Waals surface area (Å²) >= 11 is 2.16. The number of nitrogens with zero attached hydrogens (tertiary/aromatic N) is 2. The van der Waals surface area contributed by atoms with Crippen molar-refractivity contribution in [1.29, 1.82) is 0 Å². The minimum absolute atomic E-state index is 0.126. The number of hydrogen-bond donors (Lipinski definition) is 1. The first kappa shape index (κ1) is 10.3. The Labute approximate surface area is 99.7 Å². The maximum atomic E-state index is 13.6. The second-order valence-electron chi connectivity index (χ2n) is 2.93. The van der Waals surface area contributed by atoms with Crippen molar-refractivity contribution in [3.8, 4) is 11.3 Å². The number of halogens is 2. The fourth-order valence-corrected chi connectivity index (χ4v) is 1.76. The SMILES string of the molecule is Nc1ncnc(-c2cccc(I)c2)c1F. The highest BCUT2D eigenvalue weighted by atomic mass is 127. The molecule has 3 nitrogen and oxygen atoms in total. The van der Waals surface area contributed by atoms with E-state index in [4.69, 9.17) is 5.73 Å². The van der Waals surface area contributed by atoms with Crippen molar-refractivity contribution in [3.05, 3.63) is 40.0 Å². The smallest absolute Gasteiger partial charge is 0.191 e. The molecule has 0 aliphatic rings. The molecular weight excluding hydrogens is 308 g/mol. The van der Waals surface area contributed by atoms with Crippen LogP contribution in [-0.4, -0.2) is 9.97 Å². The van der Waals surface area contributed by atoms with E-state index in [0.717, 1.165) is 3.57 Å². The van der Waals surface area contributed by atoms with Crippen LogP contribution in [0.1, 0.15) is 0 Å². The summed E-state index contributed by atoms with van der Waals surface area (Å²) in [5.74, 6) is -0.696. The van der Waals surface area contributed by atoms with E-state index < -0.39 is 5.82 Å². The molecule has 0 aliphatic heterocycles. The Hall–Kier alpha value is -1.24. The van der Waals surface area contributed by atoms with Crippen molar-refractivity contribution < 1.29 is 4.39 Å². The van der Waals surface area contributed by atoms with Gasteiger partial charge in [0.05, 0.1) is 0 Å². The molecule has 1 heterocycles. The van der Waals surface area contributed by atoms with Gasteiger partial charge in [-0.15, -0.1) is 0 Å². The monoisotopic (exact) mass is 315 g/mol. The van der Waals surface area contributed by atoms with E-state index in [1.54, 1.807) is 6.07 Å². The van der Waals surface area contributed by atoms with Crippen LogP contribution in [0.2, 0.25) is 0 Å². The predicted octanol–water partition coefficient (Wildman–Crippen LogP) is 2.47. The molecule has 5 heteroatoms. The third-order valence-corrected chi connectivity index (χ3v) is 2.59. The van der Waals surface area contributed by atoms with E-state index in [1.807, 2.05) is 18.2 Å². The fourth-order valence-electron chi connectivity index (χ4n) is 1.22. The lowest BCUT2D eigenvalue weighted by molar-refractivity contribution is 0.624. The van der Waals surface area contributed by atoms with Crippen molar-refractivity contribution in [2.75, 3.05) is 5.73 Å². The standard InChI is InChI=1S/C10H7FIN3/c11-8-9(14-5-15-10(8)13)6-2-1-3-7(12)4-6/h1-5H,(H2,13,14,15). The van der Waals surface area contributed by atoms with Gasteiger partial charge in [-0.2, -0.15) is 0 Å². The van der Waals surface area contributed by atoms with E-state index in [9.17, 15) is 4.39 Å². The molecule has 15 heavy (non-hydrogen) atoms. The van der Waals surface area contributed by atoms with Crippen LogP contribution < -0.4 is 5.73 Å². The number of rotatable bonds is 1. The lowest BCUT2D eigenvalue weighted by atomic mass is 10.1. The van der Waals surface area contributed by atoms with Crippen molar-refractivity contribution >= 4 is 28.4 Å². The van der Waals surface area contributed by atoms with Gasteiger partial charge in [0.25, 0.3) is 0 Å². The Morgan fingerprint density at radius 2 is 2.07 bits per heavy atom. The highest BCUT2D eigenvalue weighted by Crippen LogP contribution is 2.23. The number of benzene rings is 1. The van der Waals surface area contributed by atoms with Crippen molar-refractivity contribution in [2.24, 2.45) is 0 Å². The van der Waals surface area contributed by atoms with Crippen LogP contribution >= 0.6 is 22.6 Å². The molecule has 0 saturated heterocycles. The predicted molar refractivity (Wildman–Crippen MR) is 64.6 cm³/mol. The second kappa shape index (κ2) is 4.09. The molecule has 2 N–H and O–H groups in total. The van der Waals surface area contributed by atoms with Crippen LogP contribution in [0, 0.1) is 9.39 Å². The van der Waals surface area contributed by atoms with Gasteiger partial charge in [0.2, 0.25) is 0 Å². The summed E-state index contributed by atoms with van der Waals surface area (Å²) in [7, 11) is 0. The summed E-state index contributed by atoms with van der Waals surface area (Å²) in [4.78, 5) is 7.46. The highest BCUT2D eigenvalue weighted by molar-refractivity contribution is 14.1. The van der Waals surface area contributed by atoms with Gasteiger partial charge in [0, 0.05) is 9.13 Å². The van der Waals surface area contributed by atoms with Gasteiger partial charge < -0.3 is 5.73 Å². The minimum Gasteiger partial charge on any atom is -0.381 e. The lowest BCUT2D eigenvalue weighted by Crippen LogP contribution is -1.99. The first-order chi connectivity index (χ1) is 7.18. The van der Waals surface area contributed by atoms with Crippen LogP contribution in [0.15, 0.2) is 30.6 Å². The van der Waals surface area contributed by atoms with Crippen LogP contribution in [0.5, 0.6) is 0 Å².